The molecule has 1 unspecified atom stereocenters. The first kappa shape index (κ1) is 50.9. The fraction of sp³-hybridized carbons (Fsp3) is 0.957. The van der Waals surface area contributed by atoms with Crippen molar-refractivity contribution in [3.8, 4) is 0 Å². The molecule has 0 radical (unpaired) electrons. The second-order valence-electron chi connectivity index (χ2n) is 16.0. The van der Waals surface area contributed by atoms with Crippen LogP contribution in [0.3, 0.4) is 0 Å². The third-order valence-corrected chi connectivity index (χ3v) is 10.6. The zero-order valence-corrected chi connectivity index (χ0v) is 35.6. The number of hydrogen-bond acceptors (Lipinski definition) is 5. The van der Waals surface area contributed by atoms with Gasteiger partial charge in [0.05, 0.1) is 6.61 Å². The Morgan fingerprint density at radius 3 is 0.981 bits per heavy atom. The van der Waals surface area contributed by atoms with Crippen molar-refractivity contribution in [1.82, 2.24) is 0 Å². The number of esters is 2. The lowest BCUT2D eigenvalue weighted by atomic mass is 10.0. The van der Waals surface area contributed by atoms with Crippen molar-refractivity contribution in [3.05, 3.63) is 0 Å². The van der Waals surface area contributed by atoms with E-state index in [2.05, 4.69) is 20.8 Å². The summed E-state index contributed by atoms with van der Waals surface area (Å²) in [7, 11) is 0. The van der Waals surface area contributed by atoms with Crippen LogP contribution in [-0.4, -0.2) is 37.9 Å². The number of unbranched alkanes of at least 4 members (excludes halogenated alkanes) is 33. The Kier molecular flexibility index (Phi) is 43.4. The van der Waals surface area contributed by atoms with E-state index in [4.69, 9.17) is 14.2 Å². The van der Waals surface area contributed by atoms with E-state index in [1.165, 1.54) is 193 Å². The molecule has 0 aliphatic rings. The Balaban J connectivity index is 4.02. The topological polar surface area (TPSA) is 61.8 Å². The normalized spacial score (nSPS) is 12.0. The van der Waals surface area contributed by atoms with Crippen LogP contribution in [0.1, 0.15) is 265 Å². The average molecular weight is 737 g/mol. The van der Waals surface area contributed by atoms with Gasteiger partial charge in [0.15, 0.2) is 6.10 Å². The predicted octanol–water partition coefficient (Wildman–Crippen LogP) is 15.3. The minimum Gasteiger partial charge on any atom is -0.462 e. The van der Waals surface area contributed by atoms with Gasteiger partial charge in [0, 0.05) is 19.4 Å². The molecule has 0 aliphatic carbocycles. The first-order valence-electron chi connectivity index (χ1n) is 23.6. The minimum absolute atomic E-state index is 0.0959. The standard InChI is InChI=1S/C47H92O5/c1-4-7-10-13-16-18-20-22-23-24-25-27-28-30-32-34-37-40-46(48)51-44-45(43-50-42-39-36-15-12-9-6-3)52-47(49)41-38-35-33-31-29-26-21-19-17-14-11-8-5-2/h45H,4-44H2,1-3H3. The molecule has 310 valence electrons. The number of carbonyl (C=O) groups excluding carboxylic acids is 2. The molecule has 0 saturated heterocycles. The molecule has 0 rings (SSSR count). The highest BCUT2D eigenvalue weighted by Crippen LogP contribution is 2.16. The van der Waals surface area contributed by atoms with Crippen LogP contribution in [0, 0.1) is 0 Å². The molecule has 0 saturated carbocycles. The Hall–Kier alpha value is -1.10. The van der Waals surface area contributed by atoms with Crippen LogP contribution < -0.4 is 0 Å². The number of hydrogen-bond donors (Lipinski definition) is 0. The molecule has 0 fully saturated rings. The van der Waals surface area contributed by atoms with Gasteiger partial charge >= 0.3 is 11.9 Å². The summed E-state index contributed by atoms with van der Waals surface area (Å²) in [4.78, 5) is 25.2. The lowest BCUT2D eigenvalue weighted by molar-refractivity contribution is -0.163. The molecule has 52 heavy (non-hydrogen) atoms. The van der Waals surface area contributed by atoms with Crippen molar-refractivity contribution >= 4 is 11.9 Å². The summed E-state index contributed by atoms with van der Waals surface area (Å²) < 4.78 is 17.2. The fourth-order valence-corrected chi connectivity index (χ4v) is 7.10. The zero-order valence-electron chi connectivity index (χ0n) is 35.6. The number of carbonyl (C=O) groups is 2. The monoisotopic (exact) mass is 737 g/mol. The van der Waals surface area contributed by atoms with Crippen LogP contribution >= 0.6 is 0 Å². The Bertz CT molecular complexity index is 710. The van der Waals surface area contributed by atoms with E-state index in [-0.39, 0.29) is 18.5 Å². The summed E-state index contributed by atoms with van der Waals surface area (Å²) in [5, 5.41) is 0. The molecule has 0 aromatic heterocycles. The van der Waals surface area contributed by atoms with Crippen LogP contribution in [0.2, 0.25) is 0 Å². The minimum atomic E-state index is -0.519. The molecule has 0 spiro atoms. The number of ether oxygens (including phenoxy) is 3. The predicted molar refractivity (Wildman–Crippen MR) is 224 cm³/mol. The molecule has 0 heterocycles. The molecule has 1 atom stereocenters. The van der Waals surface area contributed by atoms with Crippen LogP contribution in [0.15, 0.2) is 0 Å². The van der Waals surface area contributed by atoms with Crippen molar-refractivity contribution in [2.75, 3.05) is 19.8 Å². The maximum atomic E-state index is 12.7. The maximum absolute atomic E-state index is 12.7. The lowest BCUT2D eigenvalue weighted by Gasteiger charge is -2.18. The van der Waals surface area contributed by atoms with Gasteiger partial charge in [0.1, 0.15) is 6.61 Å². The van der Waals surface area contributed by atoms with Crippen molar-refractivity contribution in [2.45, 2.75) is 271 Å². The molecule has 5 heteroatoms. The summed E-state index contributed by atoms with van der Waals surface area (Å²) in [5.41, 5.74) is 0. The quantitative estimate of drug-likeness (QED) is 0.0460. The van der Waals surface area contributed by atoms with Crippen molar-refractivity contribution in [1.29, 1.82) is 0 Å². The van der Waals surface area contributed by atoms with Gasteiger partial charge in [0.25, 0.3) is 0 Å². The van der Waals surface area contributed by atoms with Gasteiger partial charge in [-0.3, -0.25) is 9.59 Å². The van der Waals surface area contributed by atoms with Gasteiger partial charge in [0.2, 0.25) is 0 Å². The molecule has 5 nitrogen and oxygen atoms in total. The smallest absolute Gasteiger partial charge is 0.306 e. The molecule has 0 bridgehead atoms. The van der Waals surface area contributed by atoms with Gasteiger partial charge in [-0.05, 0) is 19.3 Å². The molecule has 0 amide bonds. The zero-order chi connectivity index (χ0) is 37.8. The van der Waals surface area contributed by atoms with Crippen molar-refractivity contribution < 1.29 is 23.8 Å². The second-order valence-corrected chi connectivity index (χ2v) is 16.0. The molecule has 0 aromatic rings. The van der Waals surface area contributed by atoms with Crippen molar-refractivity contribution in [2.24, 2.45) is 0 Å². The Morgan fingerprint density at radius 1 is 0.346 bits per heavy atom. The third kappa shape index (κ3) is 41.7. The molecular weight excluding hydrogens is 645 g/mol. The van der Waals surface area contributed by atoms with Crippen molar-refractivity contribution in [3.63, 3.8) is 0 Å². The largest absolute Gasteiger partial charge is 0.462 e. The van der Waals surface area contributed by atoms with Gasteiger partial charge in [-0.15, -0.1) is 0 Å². The van der Waals surface area contributed by atoms with E-state index >= 15 is 0 Å². The Morgan fingerprint density at radius 2 is 0.635 bits per heavy atom. The molecular formula is C47H92O5. The summed E-state index contributed by atoms with van der Waals surface area (Å²) in [5.74, 6) is -0.380. The highest BCUT2D eigenvalue weighted by molar-refractivity contribution is 5.70. The van der Waals surface area contributed by atoms with Crippen LogP contribution in [-0.2, 0) is 23.8 Å². The van der Waals surface area contributed by atoms with Crippen LogP contribution in [0.5, 0.6) is 0 Å². The first-order valence-corrected chi connectivity index (χ1v) is 23.6. The van der Waals surface area contributed by atoms with E-state index in [1.807, 2.05) is 0 Å². The maximum Gasteiger partial charge on any atom is 0.306 e. The Labute approximate surface area is 325 Å². The van der Waals surface area contributed by atoms with Crippen LogP contribution in [0.25, 0.3) is 0 Å². The number of rotatable bonds is 44. The van der Waals surface area contributed by atoms with Gasteiger partial charge in [-0.1, -0.05) is 233 Å². The summed E-state index contributed by atoms with van der Waals surface area (Å²) in [6, 6.07) is 0. The first-order chi connectivity index (χ1) is 25.6. The molecule has 0 aliphatic heterocycles. The van der Waals surface area contributed by atoms with Gasteiger partial charge in [-0.2, -0.15) is 0 Å². The average Bonchev–Trinajstić information content (AvgIpc) is 3.14. The lowest BCUT2D eigenvalue weighted by Crippen LogP contribution is -2.30. The second kappa shape index (κ2) is 44.3. The van der Waals surface area contributed by atoms with Gasteiger partial charge < -0.3 is 14.2 Å². The van der Waals surface area contributed by atoms with E-state index < -0.39 is 6.10 Å². The van der Waals surface area contributed by atoms with E-state index in [0.29, 0.717) is 26.1 Å². The third-order valence-electron chi connectivity index (χ3n) is 10.6. The van der Waals surface area contributed by atoms with E-state index in [0.717, 1.165) is 38.5 Å². The highest BCUT2D eigenvalue weighted by Gasteiger charge is 2.17. The summed E-state index contributed by atoms with van der Waals surface area (Å²) in [6.07, 6.45) is 46.8. The van der Waals surface area contributed by atoms with Gasteiger partial charge in [-0.25, -0.2) is 0 Å². The molecule has 0 aromatic carbocycles. The fourth-order valence-electron chi connectivity index (χ4n) is 7.10. The highest BCUT2D eigenvalue weighted by atomic mass is 16.6. The van der Waals surface area contributed by atoms with E-state index in [9.17, 15) is 9.59 Å². The SMILES string of the molecule is CCCCCCCCCCCCCCCCCCCC(=O)OCC(COCCCCCCCC)OC(=O)CCCCCCCCCCCCCCC. The summed E-state index contributed by atoms with van der Waals surface area (Å²) in [6.45, 7) is 7.84. The van der Waals surface area contributed by atoms with E-state index in [1.54, 1.807) is 0 Å². The van der Waals surface area contributed by atoms with Crippen LogP contribution in [0.4, 0.5) is 0 Å². The molecule has 0 N–H and O–H groups in total. The summed E-state index contributed by atoms with van der Waals surface area (Å²) >= 11 is 0.